The highest BCUT2D eigenvalue weighted by atomic mass is 127. The molecule has 1 saturated heterocycles. The summed E-state index contributed by atoms with van der Waals surface area (Å²) >= 11 is 7.05. The molecular formula is C13H13BrINO2S. The van der Waals surface area contributed by atoms with Crippen molar-refractivity contribution in [2.45, 2.75) is 13.3 Å². The molecule has 1 fully saturated rings. The lowest BCUT2D eigenvalue weighted by atomic mass is 10.1. The smallest absolute Gasteiger partial charge is 0.227 e. The van der Waals surface area contributed by atoms with Crippen LogP contribution in [0.3, 0.4) is 0 Å². The molecule has 3 nitrogen and oxygen atoms in total. The van der Waals surface area contributed by atoms with Gasteiger partial charge in [-0.05, 0) is 62.6 Å². The third-order valence-electron chi connectivity index (χ3n) is 2.93. The predicted octanol–water partition coefficient (Wildman–Crippen LogP) is 3.69. The highest BCUT2D eigenvalue weighted by Crippen LogP contribution is 2.33. The normalized spacial score (nSPS) is 19.0. The summed E-state index contributed by atoms with van der Waals surface area (Å²) in [6, 6.07) is 5.96. The number of carbonyl (C=O) groups is 2. The van der Waals surface area contributed by atoms with Crippen molar-refractivity contribution < 1.29 is 9.59 Å². The number of benzene rings is 1. The zero-order chi connectivity index (χ0) is 14.0. The molecule has 6 heteroatoms. The first-order chi connectivity index (χ1) is 8.97. The molecule has 0 radical (unpaired) electrons. The van der Waals surface area contributed by atoms with Gasteiger partial charge < -0.3 is 4.90 Å². The average Bonchev–Trinajstić information content (AvgIpc) is 2.68. The zero-order valence-corrected chi connectivity index (χ0v) is 14.9. The van der Waals surface area contributed by atoms with Gasteiger partial charge in [-0.3, -0.25) is 9.59 Å². The second-order valence-electron chi connectivity index (χ2n) is 4.47. The first kappa shape index (κ1) is 15.3. The fraction of sp³-hybridized carbons (Fsp3) is 0.385. The summed E-state index contributed by atoms with van der Waals surface area (Å²) in [6.07, 6.45) is 0.526. The van der Waals surface area contributed by atoms with Gasteiger partial charge in [-0.2, -0.15) is 0 Å². The van der Waals surface area contributed by atoms with E-state index in [0.29, 0.717) is 13.0 Å². The highest BCUT2D eigenvalue weighted by molar-refractivity contribution is 14.1. The van der Waals surface area contributed by atoms with Crippen LogP contribution >= 0.6 is 50.3 Å². The van der Waals surface area contributed by atoms with Crippen molar-refractivity contribution in [2.75, 3.05) is 17.2 Å². The summed E-state index contributed by atoms with van der Waals surface area (Å²) in [7, 11) is 0. The second-order valence-corrected chi connectivity index (χ2v) is 7.77. The van der Waals surface area contributed by atoms with Crippen LogP contribution in [-0.2, 0) is 9.59 Å². The van der Waals surface area contributed by atoms with E-state index in [1.165, 1.54) is 11.8 Å². The van der Waals surface area contributed by atoms with Crippen LogP contribution in [0, 0.1) is 9.49 Å². The van der Waals surface area contributed by atoms with E-state index in [1.807, 2.05) is 23.1 Å². The Balaban J connectivity index is 2.09. The number of hydrogen-bond acceptors (Lipinski definition) is 3. The van der Waals surface area contributed by atoms with Gasteiger partial charge in [0.2, 0.25) is 5.91 Å². The van der Waals surface area contributed by atoms with Crippen LogP contribution in [0.2, 0.25) is 0 Å². The van der Waals surface area contributed by atoms with Gasteiger partial charge in [-0.25, -0.2) is 0 Å². The van der Waals surface area contributed by atoms with E-state index < -0.39 is 0 Å². The third-order valence-corrected chi connectivity index (χ3v) is 5.28. The van der Waals surface area contributed by atoms with Crippen LogP contribution in [0.4, 0.5) is 5.69 Å². The van der Waals surface area contributed by atoms with E-state index in [1.54, 1.807) is 6.92 Å². The van der Waals surface area contributed by atoms with Crippen molar-refractivity contribution in [1.82, 2.24) is 0 Å². The molecule has 0 aliphatic carbocycles. The SMILES string of the molecule is CC(=O)SCC1CC(=O)N(c2ccc(I)cc2Br)C1. The minimum atomic E-state index is 0.112. The molecule has 1 aromatic carbocycles. The van der Waals surface area contributed by atoms with Gasteiger partial charge in [0.05, 0.1) is 5.69 Å². The minimum Gasteiger partial charge on any atom is -0.311 e. The van der Waals surface area contributed by atoms with Crippen molar-refractivity contribution in [3.05, 3.63) is 26.2 Å². The van der Waals surface area contributed by atoms with Crippen LogP contribution < -0.4 is 4.90 Å². The Bertz CT molecular complexity index is 523. The van der Waals surface area contributed by atoms with Crippen LogP contribution in [0.5, 0.6) is 0 Å². The Labute approximate surface area is 138 Å². The number of rotatable bonds is 3. The highest BCUT2D eigenvalue weighted by Gasteiger charge is 2.31. The molecule has 0 spiro atoms. The lowest BCUT2D eigenvalue weighted by molar-refractivity contribution is -0.117. The van der Waals surface area contributed by atoms with E-state index in [4.69, 9.17) is 0 Å². The molecule has 1 amide bonds. The number of anilines is 1. The van der Waals surface area contributed by atoms with Gasteiger partial charge in [-0.15, -0.1) is 0 Å². The first-order valence-corrected chi connectivity index (χ1v) is 8.72. The molecule has 1 aliphatic rings. The molecule has 0 aromatic heterocycles. The molecular weight excluding hydrogens is 441 g/mol. The van der Waals surface area contributed by atoms with Gasteiger partial charge >= 0.3 is 0 Å². The van der Waals surface area contributed by atoms with Crippen LogP contribution in [-0.4, -0.2) is 23.3 Å². The Morgan fingerprint density at radius 2 is 2.32 bits per heavy atom. The molecule has 1 aliphatic heterocycles. The summed E-state index contributed by atoms with van der Waals surface area (Å²) in [5.74, 6) is 1.11. The minimum absolute atomic E-state index is 0.112. The fourth-order valence-electron chi connectivity index (χ4n) is 2.06. The molecule has 1 unspecified atom stereocenters. The second kappa shape index (κ2) is 6.58. The van der Waals surface area contributed by atoms with Gasteiger partial charge in [-0.1, -0.05) is 11.8 Å². The van der Waals surface area contributed by atoms with Gasteiger partial charge in [0.1, 0.15) is 0 Å². The van der Waals surface area contributed by atoms with E-state index in [0.717, 1.165) is 19.5 Å². The van der Waals surface area contributed by atoms with Gasteiger partial charge in [0.15, 0.2) is 5.12 Å². The molecule has 0 bridgehead atoms. The van der Waals surface area contributed by atoms with E-state index in [-0.39, 0.29) is 16.9 Å². The van der Waals surface area contributed by atoms with Gasteiger partial charge in [0, 0.05) is 33.7 Å². The largest absolute Gasteiger partial charge is 0.311 e. The Morgan fingerprint density at radius 3 is 2.95 bits per heavy atom. The lowest BCUT2D eigenvalue weighted by Crippen LogP contribution is -2.25. The number of nitrogens with zero attached hydrogens (tertiary/aromatic N) is 1. The summed E-state index contributed by atoms with van der Waals surface area (Å²) in [6.45, 7) is 2.26. The maximum Gasteiger partial charge on any atom is 0.227 e. The molecule has 1 heterocycles. The molecule has 1 aromatic rings. The first-order valence-electron chi connectivity index (χ1n) is 5.86. The van der Waals surface area contributed by atoms with E-state index >= 15 is 0 Å². The Morgan fingerprint density at radius 1 is 1.58 bits per heavy atom. The van der Waals surface area contributed by atoms with E-state index in [2.05, 4.69) is 38.5 Å². The lowest BCUT2D eigenvalue weighted by Gasteiger charge is -2.18. The topological polar surface area (TPSA) is 37.4 Å². The quantitative estimate of drug-likeness (QED) is 0.655. The van der Waals surface area contributed by atoms with Crippen LogP contribution in [0.25, 0.3) is 0 Å². The summed E-state index contributed by atoms with van der Waals surface area (Å²) in [5.41, 5.74) is 0.917. The van der Waals surface area contributed by atoms with Gasteiger partial charge in [0.25, 0.3) is 0 Å². The van der Waals surface area contributed by atoms with Crippen molar-refractivity contribution in [3.8, 4) is 0 Å². The standard InChI is InChI=1S/C13H13BrINO2S/c1-8(17)19-7-9-4-13(18)16(6-9)12-3-2-10(15)5-11(12)14/h2-3,5,9H,4,6-7H2,1H3. The monoisotopic (exact) mass is 453 g/mol. The molecule has 2 rings (SSSR count). The number of hydrogen-bond donors (Lipinski definition) is 0. The average molecular weight is 454 g/mol. The summed E-state index contributed by atoms with van der Waals surface area (Å²) < 4.78 is 2.07. The molecule has 0 N–H and O–H groups in total. The summed E-state index contributed by atoms with van der Waals surface area (Å²) in [4.78, 5) is 24.9. The number of thioether (sulfide) groups is 1. The predicted molar refractivity (Wildman–Crippen MR) is 90.5 cm³/mol. The molecule has 0 saturated carbocycles. The Hall–Kier alpha value is -0.0800. The maximum atomic E-state index is 12.1. The van der Waals surface area contributed by atoms with Crippen LogP contribution in [0.1, 0.15) is 13.3 Å². The van der Waals surface area contributed by atoms with Crippen molar-refractivity contribution in [1.29, 1.82) is 0 Å². The number of amides is 1. The number of carbonyl (C=O) groups excluding carboxylic acids is 2. The van der Waals surface area contributed by atoms with Crippen LogP contribution in [0.15, 0.2) is 22.7 Å². The van der Waals surface area contributed by atoms with Crippen molar-refractivity contribution in [3.63, 3.8) is 0 Å². The molecule has 1 atom stereocenters. The number of halogens is 2. The Kier molecular flexibility index (Phi) is 5.30. The fourth-order valence-corrected chi connectivity index (χ4v) is 4.27. The maximum absolute atomic E-state index is 12.1. The van der Waals surface area contributed by atoms with E-state index in [9.17, 15) is 9.59 Å². The molecule has 19 heavy (non-hydrogen) atoms. The zero-order valence-electron chi connectivity index (χ0n) is 10.4. The molecule has 102 valence electrons. The van der Waals surface area contributed by atoms with Crippen molar-refractivity contribution in [2.24, 2.45) is 5.92 Å². The van der Waals surface area contributed by atoms with Crippen molar-refractivity contribution >= 4 is 67.0 Å². The third kappa shape index (κ3) is 3.95. The summed E-state index contributed by atoms with van der Waals surface area (Å²) in [5, 5.41) is 0.112.